The molecule has 33 heavy (non-hydrogen) atoms. The highest BCUT2D eigenvalue weighted by atomic mass is 19.4. The van der Waals surface area contributed by atoms with Gasteiger partial charge in [-0.1, -0.05) is 37.3 Å². The third-order valence-electron chi connectivity index (χ3n) is 7.03. The third kappa shape index (κ3) is 5.85. The van der Waals surface area contributed by atoms with Crippen LogP contribution >= 0.6 is 0 Å². The van der Waals surface area contributed by atoms with E-state index in [1.54, 1.807) is 12.3 Å². The zero-order valence-electron chi connectivity index (χ0n) is 19.4. The van der Waals surface area contributed by atoms with E-state index in [4.69, 9.17) is 4.74 Å². The Balaban J connectivity index is 1.50. The molecule has 0 radical (unpaired) electrons. The SMILES string of the molecule is Cc1cc(C2=CC(C(F)(F)F)CC(COCC3(C4=CCC(C)C=C4)CCNCC3)=C2)ccn1. The summed E-state index contributed by atoms with van der Waals surface area (Å²) >= 11 is 0. The molecule has 3 aliphatic rings. The van der Waals surface area contributed by atoms with Gasteiger partial charge in [-0.05, 0) is 86.0 Å². The fourth-order valence-electron chi connectivity index (χ4n) is 5.02. The summed E-state index contributed by atoms with van der Waals surface area (Å²) in [6, 6.07) is 3.59. The molecule has 2 unspecified atom stereocenters. The van der Waals surface area contributed by atoms with Crippen molar-refractivity contribution in [1.82, 2.24) is 10.3 Å². The van der Waals surface area contributed by atoms with Gasteiger partial charge in [-0.3, -0.25) is 4.98 Å². The second kappa shape index (κ2) is 9.98. The van der Waals surface area contributed by atoms with Crippen LogP contribution in [-0.2, 0) is 4.74 Å². The van der Waals surface area contributed by atoms with Gasteiger partial charge in [0.25, 0.3) is 0 Å². The molecular formula is C27H33F3N2O. The summed E-state index contributed by atoms with van der Waals surface area (Å²) in [5.74, 6) is -0.954. The molecule has 0 amide bonds. The van der Waals surface area contributed by atoms with E-state index in [0.29, 0.717) is 23.7 Å². The zero-order chi connectivity index (χ0) is 23.5. The summed E-state index contributed by atoms with van der Waals surface area (Å²) < 4.78 is 47.2. The molecule has 3 nitrogen and oxygen atoms in total. The fourth-order valence-corrected chi connectivity index (χ4v) is 5.02. The van der Waals surface area contributed by atoms with Crippen molar-refractivity contribution in [1.29, 1.82) is 0 Å². The molecule has 178 valence electrons. The maximum atomic E-state index is 13.7. The number of rotatable bonds is 6. The number of nitrogens with one attached hydrogen (secondary N) is 1. The van der Waals surface area contributed by atoms with E-state index in [9.17, 15) is 13.2 Å². The molecule has 6 heteroatoms. The number of nitrogens with zero attached hydrogens (tertiary/aromatic N) is 1. The van der Waals surface area contributed by atoms with Crippen molar-refractivity contribution in [2.45, 2.75) is 45.7 Å². The molecule has 0 spiro atoms. The quantitative estimate of drug-likeness (QED) is 0.552. The molecule has 1 aliphatic heterocycles. The predicted octanol–water partition coefficient (Wildman–Crippen LogP) is 6.19. The number of hydrogen-bond donors (Lipinski definition) is 1. The van der Waals surface area contributed by atoms with Gasteiger partial charge in [0, 0.05) is 17.3 Å². The van der Waals surface area contributed by atoms with Gasteiger partial charge in [-0.25, -0.2) is 0 Å². The second-order valence-electron chi connectivity index (χ2n) is 9.72. The molecule has 2 atom stereocenters. The van der Waals surface area contributed by atoms with Gasteiger partial charge in [-0.2, -0.15) is 13.2 Å². The summed E-state index contributed by atoms with van der Waals surface area (Å²) in [7, 11) is 0. The monoisotopic (exact) mass is 458 g/mol. The number of ether oxygens (including phenoxy) is 1. The van der Waals surface area contributed by atoms with Gasteiger partial charge in [0.1, 0.15) is 0 Å². The molecule has 0 aromatic carbocycles. The zero-order valence-corrected chi connectivity index (χ0v) is 19.4. The third-order valence-corrected chi connectivity index (χ3v) is 7.03. The molecular weight excluding hydrogens is 425 g/mol. The van der Waals surface area contributed by atoms with E-state index in [1.165, 1.54) is 11.6 Å². The number of alkyl halides is 3. The van der Waals surface area contributed by atoms with Crippen molar-refractivity contribution in [3.05, 3.63) is 71.1 Å². The molecule has 1 aromatic rings. The molecule has 1 N–H and O–H groups in total. The number of hydrogen-bond acceptors (Lipinski definition) is 3. The molecule has 0 bridgehead atoms. The maximum Gasteiger partial charge on any atom is 0.395 e. The molecule has 1 aromatic heterocycles. The highest BCUT2D eigenvalue weighted by Gasteiger charge is 2.40. The van der Waals surface area contributed by atoms with E-state index >= 15 is 0 Å². The first-order valence-corrected chi connectivity index (χ1v) is 11.8. The van der Waals surface area contributed by atoms with Crippen molar-refractivity contribution in [3.63, 3.8) is 0 Å². The Morgan fingerprint density at radius 1 is 1.24 bits per heavy atom. The molecule has 4 rings (SSSR count). The van der Waals surface area contributed by atoms with E-state index < -0.39 is 12.1 Å². The Hall–Kier alpha value is -2.18. The van der Waals surface area contributed by atoms with Gasteiger partial charge in [-0.15, -0.1) is 0 Å². The smallest absolute Gasteiger partial charge is 0.376 e. The lowest BCUT2D eigenvalue weighted by molar-refractivity contribution is -0.161. The van der Waals surface area contributed by atoms with Crippen molar-refractivity contribution in [3.8, 4) is 0 Å². The number of piperidine rings is 1. The Morgan fingerprint density at radius 2 is 2.03 bits per heavy atom. The van der Waals surface area contributed by atoms with Crippen LogP contribution in [0.2, 0.25) is 0 Å². The van der Waals surface area contributed by atoms with Crippen LogP contribution in [-0.4, -0.2) is 37.5 Å². The first-order valence-electron chi connectivity index (χ1n) is 11.8. The van der Waals surface area contributed by atoms with Crippen molar-refractivity contribution >= 4 is 5.57 Å². The highest BCUT2D eigenvalue weighted by molar-refractivity contribution is 5.76. The summed E-state index contributed by atoms with van der Waals surface area (Å²) in [5.41, 5.74) is 4.08. The van der Waals surface area contributed by atoms with Crippen LogP contribution in [0.3, 0.4) is 0 Å². The summed E-state index contributed by atoms with van der Waals surface area (Å²) in [5, 5.41) is 3.42. The number of pyridine rings is 1. The van der Waals surface area contributed by atoms with Crippen LogP contribution in [0.25, 0.3) is 5.57 Å². The Morgan fingerprint density at radius 3 is 2.70 bits per heavy atom. The number of aromatic nitrogens is 1. The van der Waals surface area contributed by atoms with E-state index in [-0.39, 0.29) is 18.4 Å². The van der Waals surface area contributed by atoms with Crippen LogP contribution in [0, 0.1) is 24.2 Å². The van der Waals surface area contributed by atoms with Crippen LogP contribution in [0.5, 0.6) is 0 Å². The largest absolute Gasteiger partial charge is 0.395 e. The van der Waals surface area contributed by atoms with E-state index in [1.807, 2.05) is 19.1 Å². The van der Waals surface area contributed by atoms with Gasteiger partial charge in [0.05, 0.1) is 19.1 Å². The lowest BCUT2D eigenvalue weighted by atomic mass is 9.71. The molecule has 1 saturated heterocycles. The van der Waals surface area contributed by atoms with Crippen LogP contribution in [0.4, 0.5) is 13.2 Å². The van der Waals surface area contributed by atoms with Gasteiger partial charge < -0.3 is 10.1 Å². The van der Waals surface area contributed by atoms with Gasteiger partial charge >= 0.3 is 6.18 Å². The van der Waals surface area contributed by atoms with Gasteiger partial charge in [0.2, 0.25) is 0 Å². The van der Waals surface area contributed by atoms with Crippen molar-refractivity contribution in [2.75, 3.05) is 26.3 Å². The Labute approximate surface area is 194 Å². The average Bonchev–Trinajstić information content (AvgIpc) is 2.79. The van der Waals surface area contributed by atoms with Crippen LogP contribution in [0.1, 0.15) is 43.9 Å². The maximum absolute atomic E-state index is 13.7. The molecule has 0 saturated carbocycles. The fraction of sp³-hybridized carbons (Fsp3) is 0.519. The number of allylic oxidation sites excluding steroid dienone is 6. The summed E-state index contributed by atoms with van der Waals surface area (Å²) in [6.07, 6.45) is 10.3. The van der Waals surface area contributed by atoms with E-state index in [0.717, 1.165) is 43.6 Å². The van der Waals surface area contributed by atoms with Crippen LogP contribution in [0.15, 0.2) is 59.9 Å². The number of halogens is 3. The predicted molar refractivity (Wildman–Crippen MR) is 126 cm³/mol. The van der Waals surface area contributed by atoms with E-state index in [2.05, 4.69) is 35.5 Å². The van der Waals surface area contributed by atoms with Crippen molar-refractivity contribution in [2.24, 2.45) is 17.3 Å². The van der Waals surface area contributed by atoms with Crippen LogP contribution < -0.4 is 5.32 Å². The van der Waals surface area contributed by atoms with Gasteiger partial charge in [0.15, 0.2) is 0 Å². The number of aryl methyl sites for hydroxylation is 1. The average molecular weight is 459 g/mol. The lowest BCUT2D eigenvalue weighted by Crippen LogP contribution is -2.41. The topological polar surface area (TPSA) is 34.1 Å². The molecule has 2 heterocycles. The standard InChI is InChI=1S/C27H33F3N2O/c1-19-3-5-24(6-4-19)26(8-11-31-12-9-26)18-33-17-21-14-23(16-25(15-21)27(28,29)30)22-7-10-32-20(2)13-22/h3,5-7,10,13-14,16,19,25,31H,4,8-9,11-12,15,17-18H2,1-2H3. The molecule has 2 aliphatic carbocycles. The summed E-state index contributed by atoms with van der Waals surface area (Å²) in [4.78, 5) is 4.17. The second-order valence-corrected chi connectivity index (χ2v) is 9.72. The first kappa shape index (κ1) is 24.0. The Bertz CT molecular complexity index is 968. The Kier molecular flexibility index (Phi) is 7.25. The normalized spacial score (nSPS) is 25.3. The van der Waals surface area contributed by atoms with Crippen molar-refractivity contribution < 1.29 is 17.9 Å². The first-order chi connectivity index (χ1) is 15.7. The summed E-state index contributed by atoms with van der Waals surface area (Å²) in [6.45, 7) is 6.65. The lowest BCUT2D eigenvalue weighted by Gasteiger charge is -2.40. The molecule has 1 fully saturated rings. The minimum absolute atomic E-state index is 0.0499. The minimum atomic E-state index is -4.28. The highest BCUT2D eigenvalue weighted by Crippen LogP contribution is 2.42. The minimum Gasteiger partial charge on any atom is -0.376 e.